The third-order valence-corrected chi connectivity index (χ3v) is 4.88. The van der Waals surface area contributed by atoms with Gasteiger partial charge in [-0.05, 0) is 56.3 Å². The Hall–Kier alpha value is -0.930. The molecule has 1 aromatic heterocycles. The number of likely N-dealkylation sites (tertiary alicyclic amines) is 1. The summed E-state index contributed by atoms with van der Waals surface area (Å²) in [5, 5.41) is 0. The topological polar surface area (TPSA) is 42.2 Å². The van der Waals surface area contributed by atoms with E-state index in [9.17, 15) is 0 Å². The molecule has 2 heterocycles. The van der Waals surface area contributed by atoms with Crippen molar-refractivity contribution in [2.45, 2.75) is 64.5 Å². The van der Waals surface area contributed by atoms with E-state index in [1.54, 1.807) is 0 Å². The van der Waals surface area contributed by atoms with E-state index in [0.29, 0.717) is 6.04 Å². The number of pyridine rings is 1. The standard InChI is InChI=1S/C18H31N3/c1-3-7-15-8-6-12-21(13-10-15)18(17(19)4-2)16-9-5-11-20-14-16/h5,9,11,14-15,17-18H,3-4,6-8,10,12-13,19H2,1-2H3. The van der Waals surface area contributed by atoms with Gasteiger partial charge >= 0.3 is 0 Å². The second-order valence-electron chi connectivity index (χ2n) is 6.42. The van der Waals surface area contributed by atoms with Crippen LogP contribution in [0.3, 0.4) is 0 Å². The van der Waals surface area contributed by atoms with Crippen molar-refractivity contribution in [2.75, 3.05) is 13.1 Å². The molecule has 21 heavy (non-hydrogen) atoms. The van der Waals surface area contributed by atoms with Crippen LogP contribution in [-0.4, -0.2) is 29.0 Å². The first kappa shape index (κ1) is 16.4. The minimum absolute atomic E-state index is 0.192. The fourth-order valence-electron chi connectivity index (χ4n) is 3.67. The van der Waals surface area contributed by atoms with Gasteiger partial charge in [-0.25, -0.2) is 0 Å². The summed E-state index contributed by atoms with van der Waals surface area (Å²) in [5.74, 6) is 0.910. The molecule has 118 valence electrons. The number of aromatic nitrogens is 1. The summed E-state index contributed by atoms with van der Waals surface area (Å²) in [6.45, 7) is 6.84. The van der Waals surface area contributed by atoms with Gasteiger partial charge in [-0.15, -0.1) is 0 Å². The van der Waals surface area contributed by atoms with Gasteiger partial charge in [-0.3, -0.25) is 9.88 Å². The van der Waals surface area contributed by atoms with Crippen molar-refractivity contribution in [3.63, 3.8) is 0 Å². The largest absolute Gasteiger partial charge is 0.326 e. The zero-order valence-electron chi connectivity index (χ0n) is 13.7. The van der Waals surface area contributed by atoms with Crippen LogP contribution in [0.5, 0.6) is 0 Å². The summed E-state index contributed by atoms with van der Waals surface area (Å²) in [6, 6.07) is 4.73. The molecule has 0 bridgehead atoms. The van der Waals surface area contributed by atoms with Crippen molar-refractivity contribution in [2.24, 2.45) is 11.7 Å². The Morgan fingerprint density at radius 3 is 2.86 bits per heavy atom. The molecule has 0 saturated carbocycles. The molecule has 3 nitrogen and oxygen atoms in total. The van der Waals surface area contributed by atoms with Crippen molar-refractivity contribution in [3.05, 3.63) is 30.1 Å². The Morgan fingerprint density at radius 2 is 2.19 bits per heavy atom. The molecule has 0 amide bonds. The lowest BCUT2D eigenvalue weighted by Gasteiger charge is -2.34. The highest BCUT2D eigenvalue weighted by atomic mass is 15.2. The molecule has 1 aliphatic heterocycles. The highest BCUT2D eigenvalue weighted by molar-refractivity contribution is 5.16. The van der Waals surface area contributed by atoms with Crippen molar-refractivity contribution in [1.82, 2.24) is 9.88 Å². The number of hydrogen-bond donors (Lipinski definition) is 1. The number of nitrogens with two attached hydrogens (primary N) is 1. The summed E-state index contributed by atoms with van der Waals surface area (Å²) in [5.41, 5.74) is 7.73. The minimum Gasteiger partial charge on any atom is -0.326 e. The van der Waals surface area contributed by atoms with Crippen LogP contribution in [0.25, 0.3) is 0 Å². The normalized spacial score (nSPS) is 23.5. The summed E-state index contributed by atoms with van der Waals surface area (Å²) in [6.07, 6.45) is 11.5. The van der Waals surface area contributed by atoms with E-state index in [4.69, 9.17) is 5.73 Å². The van der Waals surface area contributed by atoms with E-state index in [1.807, 2.05) is 18.5 Å². The molecule has 0 radical (unpaired) electrons. The number of nitrogens with zero attached hydrogens (tertiary/aromatic N) is 2. The molecule has 3 heteroatoms. The molecular formula is C18H31N3. The number of rotatable bonds is 6. The average molecular weight is 289 g/mol. The molecule has 0 aliphatic carbocycles. The first-order valence-corrected chi connectivity index (χ1v) is 8.65. The molecule has 1 aromatic rings. The Labute approximate surface area is 129 Å². The summed E-state index contributed by atoms with van der Waals surface area (Å²) in [4.78, 5) is 6.91. The molecule has 3 atom stereocenters. The van der Waals surface area contributed by atoms with Crippen molar-refractivity contribution in [3.8, 4) is 0 Å². The van der Waals surface area contributed by atoms with Crippen LogP contribution in [-0.2, 0) is 0 Å². The van der Waals surface area contributed by atoms with Crippen molar-refractivity contribution in [1.29, 1.82) is 0 Å². The van der Waals surface area contributed by atoms with E-state index < -0.39 is 0 Å². The molecule has 2 rings (SSSR count). The van der Waals surface area contributed by atoms with E-state index in [1.165, 1.54) is 50.8 Å². The Morgan fingerprint density at radius 1 is 1.33 bits per heavy atom. The highest BCUT2D eigenvalue weighted by Crippen LogP contribution is 2.30. The third kappa shape index (κ3) is 4.52. The second-order valence-corrected chi connectivity index (χ2v) is 6.42. The Balaban J connectivity index is 2.10. The maximum absolute atomic E-state index is 6.45. The lowest BCUT2D eigenvalue weighted by atomic mass is 9.95. The third-order valence-electron chi connectivity index (χ3n) is 4.88. The van der Waals surface area contributed by atoms with Gasteiger partial charge in [0, 0.05) is 18.4 Å². The van der Waals surface area contributed by atoms with E-state index in [2.05, 4.69) is 29.8 Å². The molecule has 1 fully saturated rings. The van der Waals surface area contributed by atoms with E-state index >= 15 is 0 Å². The van der Waals surface area contributed by atoms with Crippen LogP contribution < -0.4 is 5.73 Å². The maximum Gasteiger partial charge on any atom is 0.0514 e. The van der Waals surface area contributed by atoms with Crippen LogP contribution in [0, 0.1) is 5.92 Å². The fraction of sp³-hybridized carbons (Fsp3) is 0.722. The predicted molar refractivity (Wildman–Crippen MR) is 89.1 cm³/mol. The monoisotopic (exact) mass is 289 g/mol. The predicted octanol–water partition coefficient (Wildman–Crippen LogP) is 3.76. The quantitative estimate of drug-likeness (QED) is 0.867. The average Bonchev–Trinajstić information content (AvgIpc) is 2.75. The van der Waals surface area contributed by atoms with Crippen molar-refractivity contribution >= 4 is 0 Å². The lowest BCUT2D eigenvalue weighted by molar-refractivity contribution is 0.172. The second kappa shape index (κ2) is 8.50. The van der Waals surface area contributed by atoms with Gasteiger partial charge in [0.2, 0.25) is 0 Å². The smallest absolute Gasteiger partial charge is 0.0514 e. The zero-order chi connectivity index (χ0) is 15.1. The Bertz CT molecular complexity index is 393. The van der Waals surface area contributed by atoms with Crippen LogP contribution in [0.15, 0.2) is 24.5 Å². The van der Waals surface area contributed by atoms with Gasteiger partial charge in [0.15, 0.2) is 0 Å². The molecular weight excluding hydrogens is 258 g/mol. The molecule has 3 unspecified atom stereocenters. The van der Waals surface area contributed by atoms with E-state index in [-0.39, 0.29) is 6.04 Å². The maximum atomic E-state index is 6.45. The summed E-state index contributed by atoms with van der Waals surface area (Å²) >= 11 is 0. The van der Waals surface area contributed by atoms with Gasteiger partial charge in [0.25, 0.3) is 0 Å². The highest BCUT2D eigenvalue weighted by Gasteiger charge is 2.28. The first-order chi connectivity index (χ1) is 10.3. The van der Waals surface area contributed by atoms with Gasteiger partial charge in [-0.2, -0.15) is 0 Å². The van der Waals surface area contributed by atoms with Gasteiger partial charge in [0.05, 0.1) is 6.04 Å². The van der Waals surface area contributed by atoms with Gasteiger partial charge in [0.1, 0.15) is 0 Å². The summed E-state index contributed by atoms with van der Waals surface area (Å²) < 4.78 is 0. The zero-order valence-corrected chi connectivity index (χ0v) is 13.7. The number of hydrogen-bond acceptors (Lipinski definition) is 3. The molecule has 1 saturated heterocycles. The minimum atomic E-state index is 0.192. The van der Waals surface area contributed by atoms with Crippen LogP contribution >= 0.6 is 0 Å². The van der Waals surface area contributed by atoms with Crippen LogP contribution in [0.1, 0.15) is 64.0 Å². The fourth-order valence-corrected chi connectivity index (χ4v) is 3.67. The van der Waals surface area contributed by atoms with E-state index in [0.717, 1.165) is 12.3 Å². The summed E-state index contributed by atoms with van der Waals surface area (Å²) in [7, 11) is 0. The lowest BCUT2D eigenvalue weighted by Crippen LogP contribution is -2.41. The van der Waals surface area contributed by atoms with Gasteiger partial charge in [-0.1, -0.05) is 32.8 Å². The van der Waals surface area contributed by atoms with Gasteiger partial charge < -0.3 is 5.73 Å². The Kier molecular flexibility index (Phi) is 6.65. The van der Waals surface area contributed by atoms with Crippen LogP contribution in [0.2, 0.25) is 0 Å². The van der Waals surface area contributed by atoms with Crippen molar-refractivity contribution < 1.29 is 0 Å². The molecule has 1 aliphatic rings. The van der Waals surface area contributed by atoms with Crippen LogP contribution in [0.4, 0.5) is 0 Å². The first-order valence-electron chi connectivity index (χ1n) is 8.65. The SMILES string of the molecule is CCCC1CCCN(C(c2cccnc2)C(N)CC)CC1. The molecule has 2 N–H and O–H groups in total. The molecule has 0 spiro atoms. The molecule has 0 aromatic carbocycles.